The number of primary amides is 1. The molecule has 1 saturated carbocycles. The summed E-state index contributed by atoms with van der Waals surface area (Å²) in [5, 5.41) is 16.4. The van der Waals surface area contributed by atoms with Crippen molar-refractivity contribution in [2.75, 3.05) is 19.0 Å². The second kappa shape index (κ2) is 12.4. The SMILES string of the molecule is COc1ccc(-c2cnc3c(Nc4ccc(C(=O)NC5CCC(N6CC(O)CC6C(N)=O)CC5)c(C)c4)nccn23)c(F)c1F. The number of nitrogens with two attached hydrogens (primary N) is 1. The predicted molar refractivity (Wildman–Crippen MR) is 163 cm³/mol. The molecule has 11 nitrogen and oxygen atoms in total. The fourth-order valence-corrected chi connectivity index (χ4v) is 6.56. The maximum Gasteiger partial charge on any atom is 0.251 e. The molecule has 3 heterocycles. The number of anilines is 2. The van der Waals surface area contributed by atoms with E-state index in [0.717, 1.165) is 31.2 Å². The van der Waals surface area contributed by atoms with Gasteiger partial charge in [-0.3, -0.25) is 18.9 Å². The number of imidazole rings is 1. The molecule has 2 aromatic carbocycles. The zero-order chi connectivity index (χ0) is 31.8. The van der Waals surface area contributed by atoms with Crippen LogP contribution in [0.2, 0.25) is 0 Å². The van der Waals surface area contributed by atoms with Gasteiger partial charge in [0.2, 0.25) is 11.7 Å². The summed E-state index contributed by atoms with van der Waals surface area (Å²) < 4.78 is 35.7. The molecule has 1 aliphatic carbocycles. The number of aromatic nitrogens is 3. The van der Waals surface area contributed by atoms with Crippen LogP contribution in [0.1, 0.15) is 48.0 Å². The maximum absolute atomic E-state index is 14.8. The van der Waals surface area contributed by atoms with Crippen LogP contribution in [0.25, 0.3) is 16.9 Å². The lowest BCUT2D eigenvalue weighted by atomic mass is 9.89. The van der Waals surface area contributed by atoms with E-state index in [0.29, 0.717) is 41.4 Å². The molecule has 2 aromatic heterocycles. The van der Waals surface area contributed by atoms with Crippen molar-refractivity contribution in [1.82, 2.24) is 24.6 Å². The normalized spacial score (nSPS) is 22.0. The molecule has 5 N–H and O–H groups in total. The summed E-state index contributed by atoms with van der Waals surface area (Å²) in [7, 11) is 1.27. The predicted octanol–water partition coefficient (Wildman–Crippen LogP) is 3.70. The lowest BCUT2D eigenvalue weighted by Crippen LogP contribution is -2.49. The summed E-state index contributed by atoms with van der Waals surface area (Å²) in [6.07, 6.45) is 7.55. The van der Waals surface area contributed by atoms with Crippen molar-refractivity contribution in [2.45, 2.75) is 63.3 Å². The molecule has 2 amide bonds. The molecule has 0 radical (unpaired) electrons. The first kappa shape index (κ1) is 30.4. The van der Waals surface area contributed by atoms with Gasteiger partial charge in [0.1, 0.15) is 0 Å². The Bertz CT molecular complexity index is 1760. The van der Waals surface area contributed by atoms with E-state index in [1.807, 2.05) is 17.9 Å². The van der Waals surface area contributed by atoms with E-state index in [-0.39, 0.29) is 29.3 Å². The van der Waals surface area contributed by atoms with E-state index in [2.05, 4.69) is 20.6 Å². The minimum atomic E-state index is -1.08. The number of carbonyl (C=O) groups excluding carboxylic acids is 2. The number of ether oxygens (including phenoxy) is 1. The maximum atomic E-state index is 14.8. The van der Waals surface area contributed by atoms with E-state index in [9.17, 15) is 23.5 Å². The molecule has 1 aliphatic heterocycles. The summed E-state index contributed by atoms with van der Waals surface area (Å²) in [4.78, 5) is 35.9. The Labute approximate surface area is 258 Å². The number of hydrogen-bond acceptors (Lipinski definition) is 8. The lowest BCUT2D eigenvalue weighted by molar-refractivity contribution is -0.123. The fraction of sp³-hybridized carbons (Fsp3) is 0.375. The average Bonchev–Trinajstić information content (AvgIpc) is 3.63. The number of β-amino-alcohol motifs (C(OH)–C–C–N with tert-alkyl or cyclic N) is 1. The molecular weight excluding hydrogens is 584 g/mol. The lowest BCUT2D eigenvalue weighted by Gasteiger charge is -2.37. The number of hydrogen-bond donors (Lipinski definition) is 4. The Morgan fingerprint density at radius 2 is 1.87 bits per heavy atom. The number of aliphatic hydroxyl groups excluding tert-OH is 1. The van der Waals surface area contributed by atoms with Crippen LogP contribution in [-0.2, 0) is 4.79 Å². The van der Waals surface area contributed by atoms with Crippen LogP contribution in [0, 0.1) is 18.6 Å². The van der Waals surface area contributed by atoms with Crippen molar-refractivity contribution in [3.8, 4) is 17.0 Å². The molecule has 6 rings (SSSR count). The number of methoxy groups -OCH3 is 1. The van der Waals surface area contributed by atoms with Crippen LogP contribution < -0.4 is 21.1 Å². The first-order valence-corrected chi connectivity index (χ1v) is 14.9. The van der Waals surface area contributed by atoms with E-state index in [1.165, 1.54) is 31.6 Å². The Kier molecular flexibility index (Phi) is 8.38. The van der Waals surface area contributed by atoms with Gasteiger partial charge in [0.25, 0.3) is 5.91 Å². The molecule has 1 saturated heterocycles. The standard InChI is InChI=1S/C32H35F2N7O4/c1-17-13-19(38-30-31-37-15-25(40(31)12-11-36-30)23-9-10-26(45-2)28(34)27(23)33)5-8-22(17)32(44)39-18-3-6-20(7-4-18)41-16-21(42)14-24(41)29(35)43/h5,8-13,15,18,20-21,24,42H,3-4,6-7,14,16H2,1-2H3,(H2,35,43)(H,36,38)(H,39,44). The molecule has 0 bridgehead atoms. The fourth-order valence-electron chi connectivity index (χ4n) is 6.56. The van der Waals surface area contributed by atoms with Gasteiger partial charge < -0.3 is 26.2 Å². The molecule has 45 heavy (non-hydrogen) atoms. The Morgan fingerprint density at radius 3 is 2.58 bits per heavy atom. The number of aliphatic hydroxyl groups is 1. The van der Waals surface area contributed by atoms with Crippen LogP contribution in [0.3, 0.4) is 0 Å². The van der Waals surface area contributed by atoms with Gasteiger partial charge in [-0.1, -0.05) is 0 Å². The van der Waals surface area contributed by atoms with E-state index in [1.54, 1.807) is 22.7 Å². The van der Waals surface area contributed by atoms with Gasteiger partial charge in [-0.2, -0.15) is 4.39 Å². The Balaban J connectivity index is 1.11. The van der Waals surface area contributed by atoms with Crippen molar-refractivity contribution in [3.05, 3.63) is 71.7 Å². The number of amides is 2. The van der Waals surface area contributed by atoms with Crippen LogP contribution in [0.4, 0.5) is 20.3 Å². The molecule has 0 spiro atoms. The minimum Gasteiger partial charge on any atom is -0.494 e. The van der Waals surface area contributed by atoms with Crippen molar-refractivity contribution in [1.29, 1.82) is 0 Å². The van der Waals surface area contributed by atoms with Crippen LogP contribution in [0.15, 0.2) is 48.9 Å². The summed E-state index contributed by atoms with van der Waals surface area (Å²) in [6, 6.07) is 7.87. The van der Waals surface area contributed by atoms with Gasteiger partial charge in [0.05, 0.1) is 31.1 Å². The number of benzene rings is 2. The third-order valence-corrected chi connectivity index (χ3v) is 8.85. The number of fused-ring (bicyclic) bond motifs is 1. The smallest absolute Gasteiger partial charge is 0.251 e. The highest BCUT2D eigenvalue weighted by atomic mass is 19.2. The van der Waals surface area contributed by atoms with Gasteiger partial charge in [-0.15, -0.1) is 0 Å². The Morgan fingerprint density at radius 1 is 1.09 bits per heavy atom. The number of aryl methyl sites for hydroxylation is 1. The summed E-state index contributed by atoms with van der Waals surface area (Å²) in [5.74, 6) is -2.48. The van der Waals surface area contributed by atoms with E-state index in [4.69, 9.17) is 10.5 Å². The van der Waals surface area contributed by atoms with Crippen LogP contribution in [-0.4, -0.2) is 74.1 Å². The highest BCUT2D eigenvalue weighted by Gasteiger charge is 2.40. The van der Waals surface area contributed by atoms with Crippen LogP contribution >= 0.6 is 0 Å². The van der Waals surface area contributed by atoms with Gasteiger partial charge in [-0.25, -0.2) is 14.4 Å². The number of carbonyl (C=O) groups is 2. The largest absolute Gasteiger partial charge is 0.494 e. The van der Waals surface area contributed by atoms with Gasteiger partial charge >= 0.3 is 0 Å². The quantitative estimate of drug-likeness (QED) is 0.234. The summed E-state index contributed by atoms with van der Waals surface area (Å²) >= 11 is 0. The zero-order valence-corrected chi connectivity index (χ0v) is 25.0. The van der Waals surface area contributed by atoms with Crippen molar-refractivity contribution < 1.29 is 28.2 Å². The number of rotatable bonds is 8. The topological polar surface area (TPSA) is 147 Å². The molecule has 4 aromatic rings. The zero-order valence-electron chi connectivity index (χ0n) is 25.0. The van der Waals surface area contributed by atoms with E-state index < -0.39 is 29.7 Å². The first-order valence-electron chi connectivity index (χ1n) is 14.9. The molecule has 2 fully saturated rings. The van der Waals surface area contributed by atoms with E-state index >= 15 is 0 Å². The molecule has 2 atom stereocenters. The number of halogens is 2. The Hall–Kier alpha value is -4.62. The van der Waals surface area contributed by atoms with Crippen molar-refractivity contribution in [3.63, 3.8) is 0 Å². The number of nitrogens with zero attached hydrogens (tertiary/aromatic N) is 4. The minimum absolute atomic E-state index is 0.00552. The third-order valence-electron chi connectivity index (χ3n) is 8.85. The number of nitrogens with one attached hydrogen (secondary N) is 2. The monoisotopic (exact) mass is 619 g/mol. The highest BCUT2D eigenvalue weighted by molar-refractivity contribution is 5.96. The average molecular weight is 620 g/mol. The molecule has 13 heteroatoms. The number of likely N-dealkylation sites (tertiary alicyclic amines) is 1. The molecule has 2 aliphatic rings. The second-order valence-corrected chi connectivity index (χ2v) is 11.7. The summed E-state index contributed by atoms with van der Waals surface area (Å²) in [5.41, 5.74) is 8.32. The van der Waals surface area contributed by atoms with Gasteiger partial charge in [0.15, 0.2) is 23.0 Å². The summed E-state index contributed by atoms with van der Waals surface area (Å²) in [6.45, 7) is 2.30. The van der Waals surface area contributed by atoms with Crippen molar-refractivity contribution in [2.24, 2.45) is 5.73 Å². The molecule has 236 valence electrons. The van der Waals surface area contributed by atoms with Gasteiger partial charge in [0, 0.05) is 47.8 Å². The highest BCUT2D eigenvalue weighted by Crippen LogP contribution is 2.32. The molecule has 2 unspecified atom stereocenters. The first-order chi connectivity index (χ1) is 21.6. The van der Waals surface area contributed by atoms with Crippen LogP contribution in [0.5, 0.6) is 5.75 Å². The van der Waals surface area contributed by atoms with Gasteiger partial charge in [-0.05, 0) is 74.9 Å². The second-order valence-electron chi connectivity index (χ2n) is 11.7. The third kappa shape index (κ3) is 5.92. The molecular formula is C32H35F2N7O4. The van der Waals surface area contributed by atoms with Crippen molar-refractivity contribution >= 4 is 29.0 Å².